The lowest BCUT2D eigenvalue weighted by Crippen LogP contribution is -2.12. The fourth-order valence-corrected chi connectivity index (χ4v) is 2.47. The van der Waals surface area contributed by atoms with Crippen molar-refractivity contribution in [2.24, 2.45) is 0 Å². The van der Waals surface area contributed by atoms with Gasteiger partial charge in [0, 0.05) is 11.3 Å². The van der Waals surface area contributed by atoms with Crippen LogP contribution in [0.2, 0.25) is 10.0 Å². The van der Waals surface area contributed by atoms with Gasteiger partial charge in [0.1, 0.15) is 5.82 Å². The average molecular weight is 372 g/mol. The van der Waals surface area contributed by atoms with Crippen molar-refractivity contribution in [1.29, 1.82) is 0 Å². The highest BCUT2D eigenvalue weighted by Gasteiger charge is 2.06. The number of hydrogen-bond acceptors (Lipinski definition) is 3. The molecule has 0 atom stereocenters. The standard InChI is InChI=1S/C19H15Cl2N3O/c1-12-2-4-13(5-3-12)19(25)24-15-7-9-18(22-11-15)23-14-6-8-16(20)17(21)10-14/h2-11H,1H3,(H,22,23)(H,24,25). The van der Waals surface area contributed by atoms with E-state index < -0.39 is 0 Å². The number of nitrogens with zero attached hydrogens (tertiary/aromatic N) is 1. The molecule has 0 aliphatic rings. The van der Waals surface area contributed by atoms with Crippen LogP contribution in [0.1, 0.15) is 15.9 Å². The normalized spacial score (nSPS) is 10.4. The second-order valence-corrected chi connectivity index (χ2v) is 6.32. The number of carbonyl (C=O) groups excluding carboxylic acids is 1. The van der Waals surface area contributed by atoms with E-state index in [2.05, 4.69) is 15.6 Å². The third-order valence-electron chi connectivity index (χ3n) is 3.53. The maximum Gasteiger partial charge on any atom is 0.255 e. The van der Waals surface area contributed by atoms with E-state index in [1.54, 1.807) is 42.6 Å². The highest BCUT2D eigenvalue weighted by atomic mass is 35.5. The molecule has 0 spiro atoms. The molecule has 6 heteroatoms. The lowest BCUT2D eigenvalue weighted by molar-refractivity contribution is 0.102. The molecule has 2 N–H and O–H groups in total. The van der Waals surface area contributed by atoms with Gasteiger partial charge in [-0.2, -0.15) is 0 Å². The summed E-state index contributed by atoms with van der Waals surface area (Å²) in [6, 6.07) is 16.2. The highest BCUT2D eigenvalue weighted by molar-refractivity contribution is 6.42. The van der Waals surface area contributed by atoms with Gasteiger partial charge in [0.2, 0.25) is 0 Å². The zero-order valence-electron chi connectivity index (χ0n) is 13.4. The summed E-state index contributed by atoms with van der Waals surface area (Å²) in [5.74, 6) is 0.457. The molecule has 25 heavy (non-hydrogen) atoms. The molecule has 0 saturated carbocycles. The number of nitrogens with one attached hydrogen (secondary N) is 2. The van der Waals surface area contributed by atoms with Gasteiger partial charge < -0.3 is 10.6 Å². The van der Waals surface area contributed by atoms with Crippen molar-refractivity contribution in [2.45, 2.75) is 6.92 Å². The van der Waals surface area contributed by atoms with Gasteiger partial charge in [-0.25, -0.2) is 4.98 Å². The van der Waals surface area contributed by atoms with Crippen LogP contribution in [0, 0.1) is 6.92 Å². The third kappa shape index (κ3) is 4.50. The van der Waals surface area contributed by atoms with Gasteiger partial charge in [-0.05, 0) is 49.4 Å². The Kier molecular flexibility index (Phi) is 5.22. The topological polar surface area (TPSA) is 54.0 Å². The van der Waals surface area contributed by atoms with E-state index in [9.17, 15) is 4.79 Å². The minimum Gasteiger partial charge on any atom is -0.340 e. The van der Waals surface area contributed by atoms with Crippen LogP contribution in [0.3, 0.4) is 0 Å². The van der Waals surface area contributed by atoms with Crippen molar-refractivity contribution < 1.29 is 4.79 Å². The number of carbonyl (C=O) groups is 1. The van der Waals surface area contributed by atoms with E-state index in [0.717, 1.165) is 11.3 Å². The first-order valence-corrected chi connectivity index (χ1v) is 8.33. The van der Waals surface area contributed by atoms with Crippen molar-refractivity contribution >= 4 is 46.3 Å². The first kappa shape index (κ1) is 17.3. The summed E-state index contributed by atoms with van der Waals surface area (Å²) in [6.07, 6.45) is 1.59. The number of aromatic nitrogens is 1. The van der Waals surface area contributed by atoms with Gasteiger partial charge in [0.15, 0.2) is 0 Å². The Morgan fingerprint density at radius 2 is 1.64 bits per heavy atom. The van der Waals surface area contributed by atoms with E-state index >= 15 is 0 Å². The average Bonchev–Trinajstić information content (AvgIpc) is 2.60. The van der Waals surface area contributed by atoms with Crippen molar-refractivity contribution in [3.63, 3.8) is 0 Å². The van der Waals surface area contributed by atoms with Crippen molar-refractivity contribution in [1.82, 2.24) is 4.98 Å². The van der Waals surface area contributed by atoms with Crippen LogP contribution in [0.25, 0.3) is 0 Å². The molecule has 2 aromatic carbocycles. The molecule has 1 amide bonds. The van der Waals surface area contributed by atoms with Crippen LogP contribution in [0.5, 0.6) is 0 Å². The Morgan fingerprint density at radius 1 is 0.920 bits per heavy atom. The Labute approximate surface area is 155 Å². The Bertz CT molecular complexity index is 894. The van der Waals surface area contributed by atoms with Gasteiger partial charge in [-0.1, -0.05) is 40.9 Å². The molecule has 126 valence electrons. The second kappa shape index (κ2) is 7.55. The lowest BCUT2D eigenvalue weighted by atomic mass is 10.1. The van der Waals surface area contributed by atoms with Gasteiger partial charge >= 0.3 is 0 Å². The molecule has 3 aromatic rings. The number of rotatable bonds is 4. The monoisotopic (exact) mass is 371 g/mol. The summed E-state index contributed by atoms with van der Waals surface area (Å²) in [6.45, 7) is 1.98. The van der Waals surface area contributed by atoms with Gasteiger partial charge in [-0.15, -0.1) is 0 Å². The van der Waals surface area contributed by atoms with Crippen LogP contribution < -0.4 is 10.6 Å². The molecule has 0 aliphatic heterocycles. The lowest BCUT2D eigenvalue weighted by Gasteiger charge is -2.09. The Morgan fingerprint density at radius 3 is 2.28 bits per heavy atom. The van der Waals surface area contributed by atoms with E-state index in [-0.39, 0.29) is 5.91 Å². The van der Waals surface area contributed by atoms with Crippen molar-refractivity contribution in [3.8, 4) is 0 Å². The molecule has 0 saturated heterocycles. The minimum absolute atomic E-state index is 0.174. The van der Waals surface area contributed by atoms with Gasteiger partial charge in [-0.3, -0.25) is 4.79 Å². The predicted molar refractivity (Wildman–Crippen MR) is 103 cm³/mol. The number of halogens is 2. The molecule has 4 nitrogen and oxygen atoms in total. The largest absolute Gasteiger partial charge is 0.340 e. The van der Waals surface area contributed by atoms with Crippen LogP contribution in [-0.2, 0) is 0 Å². The summed E-state index contributed by atoms with van der Waals surface area (Å²) < 4.78 is 0. The summed E-state index contributed by atoms with van der Waals surface area (Å²) in [7, 11) is 0. The molecule has 0 radical (unpaired) electrons. The minimum atomic E-state index is -0.174. The molecule has 0 bridgehead atoms. The SMILES string of the molecule is Cc1ccc(C(=O)Nc2ccc(Nc3ccc(Cl)c(Cl)c3)nc2)cc1. The summed E-state index contributed by atoms with van der Waals surface area (Å²) in [5, 5.41) is 6.90. The van der Waals surface area contributed by atoms with Crippen LogP contribution in [0.4, 0.5) is 17.2 Å². The summed E-state index contributed by atoms with van der Waals surface area (Å²) >= 11 is 11.9. The summed E-state index contributed by atoms with van der Waals surface area (Å²) in [4.78, 5) is 16.5. The van der Waals surface area contributed by atoms with E-state index in [1.165, 1.54) is 0 Å². The highest BCUT2D eigenvalue weighted by Crippen LogP contribution is 2.26. The molecular weight excluding hydrogens is 357 g/mol. The number of amides is 1. The van der Waals surface area contributed by atoms with Crippen LogP contribution >= 0.6 is 23.2 Å². The van der Waals surface area contributed by atoms with Crippen LogP contribution in [-0.4, -0.2) is 10.9 Å². The molecule has 1 aromatic heterocycles. The van der Waals surface area contributed by atoms with Gasteiger partial charge in [0.25, 0.3) is 5.91 Å². The molecule has 0 unspecified atom stereocenters. The summed E-state index contributed by atoms with van der Waals surface area (Å²) in [5.41, 5.74) is 3.10. The fraction of sp³-hybridized carbons (Fsp3) is 0.0526. The third-order valence-corrected chi connectivity index (χ3v) is 4.27. The maximum atomic E-state index is 12.2. The number of hydrogen-bond donors (Lipinski definition) is 2. The maximum absolute atomic E-state index is 12.2. The number of benzene rings is 2. The fourth-order valence-electron chi connectivity index (χ4n) is 2.17. The molecule has 3 rings (SSSR count). The number of aryl methyl sites for hydroxylation is 1. The van der Waals surface area contributed by atoms with E-state index in [4.69, 9.17) is 23.2 Å². The van der Waals surface area contributed by atoms with Crippen molar-refractivity contribution in [3.05, 3.63) is 82.0 Å². The van der Waals surface area contributed by atoms with Gasteiger partial charge in [0.05, 0.1) is 21.9 Å². The quantitative estimate of drug-likeness (QED) is 0.618. The Hall–Kier alpha value is -2.56. The number of anilines is 3. The van der Waals surface area contributed by atoms with E-state index in [1.807, 2.05) is 25.1 Å². The molecular formula is C19H15Cl2N3O. The smallest absolute Gasteiger partial charge is 0.255 e. The first-order valence-electron chi connectivity index (χ1n) is 7.57. The van der Waals surface area contributed by atoms with Crippen molar-refractivity contribution in [2.75, 3.05) is 10.6 Å². The molecule has 0 fully saturated rings. The zero-order chi connectivity index (χ0) is 17.8. The Balaban J connectivity index is 1.66. The molecule has 1 heterocycles. The van der Waals surface area contributed by atoms with E-state index in [0.29, 0.717) is 27.1 Å². The molecule has 0 aliphatic carbocycles. The number of pyridine rings is 1. The first-order chi connectivity index (χ1) is 12.0. The van der Waals surface area contributed by atoms with Crippen LogP contribution in [0.15, 0.2) is 60.8 Å². The second-order valence-electron chi connectivity index (χ2n) is 5.51. The zero-order valence-corrected chi connectivity index (χ0v) is 14.9. The predicted octanol–water partition coefficient (Wildman–Crippen LogP) is 5.69.